The summed E-state index contributed by atoms with van der Waals surface area (Å²) in [5.74, 6) is 2.35. The van der Waals surface area contributed by atoms with E-state index in [1.54, 1.807) is 12.1 Å². The minimum absolute atomic E-state index is 0.00616. The number of amides is 3. The summed E-state index contributed by atoms with van der Waals surface area (Å²) in [4.78, 5) is 23.4. The Balaban J connectivity index is 1.18. The molecule has 134 valence electrons. The first-order valence-electron chi connectivity index (χ1n) is 8.57. The SMILES string of the molecule is O=C(CCCC[C@@H]1SC[C@@H]2NC(=O)N[C@@H]21)Nc1ccc2c(c1)OCO2. The van der Waals surface area contributed by atoms with Crippen LogP contribution in [-0.4, -0.2) is 41.8 Å². The van der Waals surface area contributed by atoms with E-state index in [1.807, 2.05) is 17.8 Å². The zero-order chi connectivity index (χ0) is 17.2. The third-order valence-corrected chi connectivity index (χ3v) is 6.25. The van der Waals surface area contributed by atoms with Gasteiger partial charge < -0.3 is 25.4 Å². The number of urea groups is 1. The lowest BCUT2D eigenvalue weighted by atomic mass is 10.0. The molecule has 3 aliphatic heterocycles. The molecule has 2 saturated heterocycles. The number of ether oxygens (including phenoxy) is 2. The molecule has 3 heterocycles. The Morgan fingerprint density at radius 3 is 3.04 bits per heavy atom. The van der Waals surface area contributed by atoms with Crippen LogP contribution < -0.4 is 25.4 Å². The standard InChI is InChI=1S/C17H21N3O4S/c21-15(18-10-5-6-12-13(7-10)24-9-23-12)4-2-1-3-14-16-11(8-25-14)19-17(22)20-16/h5-7,11,14,16H,1-4,8-9H2,(H,18,21)(H2,19,20,22)/t11-,14-,16-/m0/s1. The maximum absolute atomic E-state index is 12.1. The van der Waals surface area contributed by atoms with E-state index in [2.05, 4.69) is 16.0 Å². The average Bonchev–Trinajstić information content (AvgIpc) is 3.27. The number of unbranched alkanes of at least 4 members (excludes halogenated alkanes) is 1. The van der Waals surface area contributed by atoms with Crippen LogP contribution in [0.2, 0.25) is 0 Å². The molecule has 0 bridgehead atoms. The summed E-state index contributed by atoms with van der Waals surface area (Å²) in [6.07, 6.45) is 3.33. The van der Waals surface area contributed by atoms with Crippen LogP contribution in [0.4, 0.5) is 10.5 Å². The normalized spacial score (nSPS) is 26.1. The van der Waals surface area contributed by atoms with Crippen LogP contribution in [0.3, 0.4) is 0 Å². The smallest absolute Gasteiger partial charge is 0.315 e. The highest BCUT2D eigenvalue weighted by Crippen LogP contribution is 2.35. The minimum atomic E-state index is -0.0524. The Bertz CT molecular complexity index is 684. The second-order valence-corrected chi connectivity index (χ2v) is 7.76. The van der Waals surface area contributed by atoms with Crippen LogP contribution in [0, 0.1) is 0 Å². The van der Waals surface area contributed by atoms with Crippen LogP contribution in [-0.2, 0) is 4.79 Å². The van der Waals surface area contributed by atoms with E-state index in [0.717, 1.165) is 30.7 Å². The Labute approximate surface area is 150 Å². The van der Waals surface area contributed by atoms with Gasteiger partial charge in [-0.25, -0.2) is 4.79 Å². The molecular formula is C17H21N3O4S. The molecule has 0 saturated carbocycles. The molecule has 1 aromatic carbocycles. The lowest BCUT2D eigenvalue weighted by Crippen LogP contribution is -2.36. The Hall–Kier alpha value is -2.09. The molecule has 0 aliphatic carbocycles. The topological polar surface area (TPSA) is 88.7 Å². The van der Waals surface area contributed by atoms with Crippen molar-refractivity contribution >= 4 is 29.4 Å². The zero-order valence-corrected chi connectivity index (χ0v) is 14.6. The summed E-state index contributed by atoms with van der Waals surface area (Å²) >= 11 is 1.91. The summed E-state index contributed by atoms with van der Waals surface area (Å²) in [5, 5.41) is 9.28. The van der Waals surface area contributed by atoms with Crippen LogP contribution in [0.1, 0.15) is 25.7 Å². The molecule has 4 rings (SSSR count). The Morgan fingerprint density at radius 2 is 2.12 bits per heavy atom. The van der Waals surface area contributed by atoms with Gasteiger partial charge in [0.2, 0.25) is 12.7 Å². The zero-order valence-electron chi connectivity index (χ0n) is 13.7. The van der Waals surface area contributed by atoms with Gasteiger partial charge in [0.1, 0.15) is 0 Å². The summed E-state index contributed by atoms with van der Waals surface area (Å²) in [6.45, 7) is 0.226. The van der Waals surface area contributed by atoms with E-state index in [9.17, 15) is 9.59 Å². The predicted molar refractivity (Wildman–Crippen MR) is 95.2 cm³/mol. The van der Waals surface area contributed by atoms with Gasteiger partial charge in [0, 0.05) is 29.2 Å². The number of rotatable bonds is 6. The van der Waals surface area contributed by atoms with E-state index < -0.39 is 0 Å². The highest BCUT2D eigenvalue weighted by atomic mass is 32.2. The molecule has 25 heavy (non-hydrogen) atoms. The van der Waals surface area contributed by atoms with Crippen molar-refractivity contribution in [2.45, 2.75) is 43.0 Å². The third-order valence-electron chi connectivity index (χ3n) is 4.74. The van der Waals surface area contributed by atoms with Gasteiger partial charge in [-0.3, -0.25) is 4.79 Å². The van der Waals surface area contributed by atoms with Gasteiger partial charge in [0.25, 0.3) is 0 Å². The van der Waals surface area contributed by atoms with Gasteiger partial charge in [-0.05, 0) is 25.0 Å². The molecule has 1 aromatic rings. The maximum atomic E-state index is 12.1. The number of hydrogen-bond donors (Lipinski definition) is 3. The molecular weight excluding hydrogens is 342 g/mol. The van der Waals surface area contributed by atoms with Gasteiger partial charge in [0.05, 0.1) is 12.1 Å². The van der Waals surface area contributed by atoms with Crippen molar-refractivity contribution in [1.82, 2.24) is 10.6 Å². The fourth-order valence-corrected chi connectivity index (χ4v) is 5.02. The minimum Gasteiger partial charge on any atom is -0.454 e. The molecule has 0 spiro atoms. The number of carbonyl (C=O) groups is 2. The average molecular weight is 363 g/mol. The first-order chi connectivity index (χ1) is 12.2. The van der Waals surface area contributed by atoms with Crippen LogP contribution >= 0.6 is 11.8 Å². The van der Waals surface area contributed by atoms with Crippen LogP contribution in [0.5, 0.6) is 11.5 Å². The van der Waals surface area contributed by atoms with Crippen molar-refractivity contribution in [1.29, 1.82) is 0 Å². The Kier molecular flexibility index (Phi) is 4.61. The number of fused-ring (bicyclic) bond motifs is 2. The van der Waals surface area contributed by atoms with Crippen molar-refractivity contribution < 1.29 is 19.1 Å². The number of anilines is 1. The highest BCUT2D eigenvalue weighted by molar-refractivity contribution is 8.00. The maximum Gasteiger partial charge on any atom is 0.315 e. The van der Waals surface area contributed by atoms with E-state index in [0.29, 0.717) is 23.2 Å². The van der Waals surface area contributed by atoms with Crippen molar-refractivity contribution in [2.75, 3.05) is 17.9 Å². The quantitative estimate of drug-likeness (QED) is 0.532. The number of thioether (sulfide) groups is 1. The molecule has 7 nitrogen and oxygen atoms in total. The fourth-order valence-electron chi connectivity index (χ4n) is 3.47. The highest BCUT2D eigenvalue weighted by Gasteiger charge is 2.42. The lowest BCUT2D eigenvalue weighted by molar-refractivity contribution is -0.116. The molecule has 3 aliphatic rings. The molecule has 3 amide bonds. The molecule has 8 heteroatoms. The van der Waals surface area contributed by atoms with Crippen molar-refractivity contribution in [3.63, 3.8) is 0 Å². The number of carbonyl (C=O) groups excluding carboxylic acids is 2. The Morgan fingerprint density at radius 1 is 1.24 bits per heavy atom. The fraction of sp³-hybridized carbons (Fsp3) is 0.529. The van der Waals surface area contributed by atoms with Crippen LogP contribution in [0.25, 0.3) is 0 Å². The first-order valence-corrected chi connectivity index (χ1v) is 9.62. The van der Waals surface area contributed by atoms with E-state index in [-0.39, 0.29) is 30.8 Å². The van der Waals surface area contributed by atoms with E-state index >= 15 is 0 Å². The molecule has 0 radical (unpaired) electrons. The van der Waals surface area contributed by atoms with Crippen molar-refractivity contribution in [3.05, 3.63) is 18.2 Å². The lowest BCUT2D eigenvalue weighted by Gasteiger charge is -2.16. The number of hydrogen-bond acceptors (Lipinski definition) is 5. The first kappa shape index (κ1) is 16.4. The van der Waals surface area contributed by atoms with Crippen molar-refractivity contribution in [2.24, 2.45) is 0 Å². The molecule has 3 atom stereocenters. The summed E-state index contributed by atoms with van der Waals surface area (Å²) < 4.78 is 10.6. The summed E-state index contributed by atoms with van der Waals surface area (Å²) in [6, 6.07) is 5.84. The molecule has 0 unspecified atom stereocenters. The van der Waals surface area contributed by atoms with E-state index in [4.69, 9.17) is 9.47 Å². The monoisotopic (exact) mass is 363 g/mol. The third kappa shape index (κ3) is 3.63. The van der Waals surface area contributed by atoms with Gasteiger partial charge in [-0.15, -0.1) is 0 Å². The van der Waals surface area contributed by atoms with Crippen molar-refractivity contribution in [3.8, 4) is 11.5 Å². The predicted octanol–water partition coefficient (Wildman–Crippen LogP) is 2.08. The number of nitrogens with one attached hydrogen (secondary N) is 3. The van der Waals surface area contributed by atoms with Gasteiger partial charge in [0.15, 0.2) is 11.5 Å². The number of benzene rings is 1. The van der Waals surface area contributed by atoms with Gasteiger partial charge in [-0.2, -0.15) is 11.8 Å². The summed E-state index contributed by atoms with van der Waals surface area (Å²) in [7, 11) is 0. The molecule has 0 aromatic heterocycles. The second-order valence-electron chi connectivity index (χ2n) is 6.48. The van der Waals surface area contributed by atoms with Gasteiger partial charge in [-0.1, -0.05) is 6.42 Å². The van der Waals surface area contributed by atoms with Crippen LogP contribution in [0.15, 0.2) is 18.2 Å². The molecule has 2 fully saturated rings. The van der Waals surface area contributed by atoms with E-state index in [1.165, 1.54) is 0 Å². The largest absolute Gasteiger partial charge is 0.454 e. The molecule has 3 N–H and O–H groups in total. The van der Waals surface area contributed by atoms with Gasteiger partial charge >= 0.3 is 6.03 Å². The summed E-state index contributed by atoms with van der Waals surface area (Å²) in [5.41, 5.74) is 0.725. The second kappa shape index (κ2) is 7.03.